The minimum atomic E-state index is -1.02. The Kier molecular flexibility index (Phi) is 6.36. The van der Waals surface area contributed by atoms with Crippen LogP contribution in [0, 0.1) is 5.82 Å². The summed E-state index contributed by atoms with van der Waals surface area (Å²) in [7, 11) is 1.45. The van der Waals surface area contributed by atoms with Crippen LogP contribution in [-0.4, -0.2) is 47.3 Å². The second-order valence-electron chi connectivity index (χ2n) is 6.53. The van der Waals surface area contributed by atoms with Crippen LogP contribution in [0.15, 0.2) is 42.7 Å². The van der Waals surface area contributed by atoms with Crippen molar-refractivity contribution in [3.63, 3.8) is 0 Å². The van der Waals surface area contributed by atoms with Crippen LogP contribution < -0.4 is 4.74 Å². The minimum Gasteiger partial charge on any atom is -0.496 e. The maximum atomic E-state index is 13.7. The van der Waals surface area contributed by atoms with Crippen LogP contribution in [0.5, 0.6) is 5.75 Å². The number of hydrogen-bond donors (Lipinski definition) is 1. The van der Waals surface area contributed by atoms with Crippen LogP contribution in [0.1, 0.15) is 30.0 Å². The summed E-state index contributed by atoms with van der Waals surface area (Å²) < 4.78 is 24.9. The molecule has 1 aromatic heterocycles. The summed E-state index contributed by atoms with van der Waals surface area (Å²) in [5.74, 6) is -1.13. The van der Waals surface area contributed by atoms with Gasteiger partial charge in [-0.05, 0) is 42.7 Å². The summed E-state index contributed by atoms with van der Waals surface area (Å²) in [6.07, 6.45) is 4.97. The number of hydrogen-bond acceptors (Lipinski definition) is 5. The highest BCUT2D eigenvalue weighted by Crippen LogP contribution is 2.32. The summed E-state index contributed by atoms with van der Waals surface area (Å²) in [5.41, 5.74) is 1.34. The number of carboxylic acids is 1. The number of carbonyl (C=O) groups is 1. The molecule has 0 saturated carbocycles. The molecule has 0 bridgehead atoms. The van der Waals surface area contributed by atoms with Crippen molar-refractivity contribution in [3.8, 4) is 5.75 Å². The number of nitrogens with zero attached hydrogens (tertiary/aromatic N) is 2. The quantitative estimate of drug-likeness (QED) is 0.803. The van der Waals surface area contributed by atoms with Crippen LogP contribution in [0.4, 0.5) is 4.39 Å². The Morgan fingerprint density at radius 2 is 2.15 bits per heavy atom. The molecule has 6 nitrogen and oxygen atoms in total. The van der Waals surface area contributed by atoms with E-state index < -0.39 is 17.8 Å². The van der Waals surface area contributed by atoms with Crippen molar-refractivity contribution in [2.45, 2.75) is 31.6 Å². The Morgan fingerprint density at radius 1 is 1.37 bits per heavy atom. The molecule has 0 unspecified atom stereocenters. The van der Waals surface area contributed by atoms with Gasteiger partial charge in [-0.25, -0.2) is 4.39 Å². The van der Waals surface area contributed by atoms with Crippen molar-refractivity contribution in [2.75, 3.05) is 20.2 Å². The third kappa shape index (κ3) is 4.81. The molecule has 0 aliphatic carbocycles. The molecule has 1 saturated heterocycles. The molecule has 2 heterocycles. The number of aromatic nitrogens is 1. The van der Waals surface area contributed by atoms with Crippen molar-refractivity contribution in [1.82, 2.24) is 9.88 Å². The molecule has 0 spiro atoms. The molecule has 0 radical (unpaired) electrons. The van der Waals surface area contributed by atoms with E-state index in [2.05, 4.69) is 4.98 Å². The monoisotopic (exact) mass is 374 g/mol. The average molecular weight is 374 g/mol. The van der Waals surface area contributed by atoms with E-state index in [0.717, 1.165) is 5.56 Å². The first-order valence-electron chi connectivity index (χ1n) is 8.89. The summed E-state index contributed by atoms with van der Waals surface area (Å²) >= 11 is 0. The van der Waals surface area contributed by atoms with Crippen molar-refractivity contribution in [3.05, 3.63) is 59.7 Å². The summed E-state index contributed by atoms with van der Waals surface area (Å²) in [6.45, 7) is 1.58. The fourth-order valence-electron chi connectivity index (χ4n) is 3.40. The van der Waals surface area contributed by atoms with E-state index in [-0.39, 0.29) is 6.10 Å². The van der Waals surface area contributed by atoms with Crippen molar-refractivity contribution in [2.24, 2.45) is 0 Å². The highest BCUT2D eigenvalue weighted by Gasteiger charge is 2.33. The van der Waals surface area contributed by atoms with Gasteiger partial charge in [-0.3, -0.25) is 14.7 Å². The zero-order valence-electron chi connectivity index (χ0n) is 15.2. The molecule has 1 N–H and O–H groups in total. The fraction of sp³-hybridized carbons (Fsp3) is 0.400. The van der Waals surface area contributed by atoms with Crippen molar-refractivity contribution < 1.29 is 23.8 Å². The zero-order valence-corrected chi connectivity index (χ0v) is 15.2. The van der Waals surface area contributed by atoms with Gasteiger partial charge in [0.25, 0.3) is 0 Å². The van der Waals surface area contributed by atoms with Crippen LogP contribution in [-0.2, 0) is 16.1 Å². The average Bonchev–Trinajstić information content (AvgIpc) is 2.68. The van der Waals surface area contributed by atoms with Crippen molar-refractivity contribution in [1.29, 1.82) is 0 Å². The van der Waals surface area contributed by atoms with Gasteiger partial charge in [0.05, 0.1) is 19.8 Å². The first-order chi connectivity index (χ1) is 13.1. The van der Waals surface area contributed by atoms with E-state index in [9.17, 15) is 14.3 Å². The van der Waals surface area contributed by atoms with Crippen molar-refractivity contribution >= 4 is 5.97 Å². The van der Waals surface area contributed by atoms with Gasteiger partial charge >= 0.3 is 5.97 Å². The molecular formula is C20H23FN2O4. The standard InChI is InChI=1S/C20H23FN2O4/c1-26-18-5-4-15(21)11-17(18)19(20(24)25)23-9-6-16(7-10-23)27-13-14-3-2-8-22-12-14/h2-5,8,11-12,16,19H,6-7,9-10,13H2,1H3,(H,24,25)/t19-/m1/s1. The lowest BCUT2D eigenvalue weighted by Gasteiger charge is -2.36. The van der Waals surface area contributed by atoms with Crippen LogP contribution >= 0.6 is 0 Å². The summed E-state index contributed by atoms with van der Waals surface area (Å²) in [5, 5.41) is 9.75. The molecule has 1 atom stereocenters. The third-order valence-corrected chi connectivity index (χ3v) is 4.77. The van der Waals surface area contributed by atoms with Crippen LogP contribution in [0.3, 0.4) is 0 Å². The van der Waals surface area contributed by atoms with Gasteiger partial charge in [0, 0.05) is 31.0 Å². The number of methoxy groups -OCH3 is 1. The van der Waals surface area contributed by atoms with E-state index in [1.54, 1.807) is 12.4 Å². The number of halogens is 1. The van der Waals surface area contributed by atoms with E-state index in [0.29, 0.717) is 43.9 Å². The Hall–Kier alpha value is -2.51. The maximum absolute atomic E-state index is 13.7. The lowest BCUT2D eigenvalue weighted by molar-refractivity contribution is -0.145. The molecule has 144 valence electrons. The Bertz CT molecular complexity index is 764. The van der Waals surface area contributed by atoms with Gasteiger partial charge in [-0.1, -0.05) is 6.07 Å². The fourth-order valence-corrected chi connectivity index (χ4v) is 3.40. The largest absolute Gasteiger partial charge is 0.496 e. The Morgan fingerprint density at radius 3 is 2.78 bits per heavy atom. The molecule has 1 fully saturated rings. The first-order valence-corrected chi connectivity index (χ1v) is 8.89. The molecule has 2 aromatic rings. The lowest BCUT2D eigenvalue weighted by Crippen LogP contribution is -2.42. The van der Waals surface area contributed by atoms with E-state index in [4.69, 9.17) is 9.47 Å². The minimum absolute atomic E-state index is 0.0605. The predicted molar refractivity (Wildman–Crippen MR) is 96.9 cm³/mol. The summed E-state index contributed by atoms with van der Waals surface area (Å²) in [4.78, 5) is 17.8. The number of ether oxygens (including phenoxy) is 2. The van der Waals surface area contributed by atoms with Gasteiger partial charge in [0.15, 0.2) is 0 Å². The Balaban J connectivity index is 1.64. The normalized spacial score (nSPS) is 16.8. The predicted octanol–water partition coefficient (Wildman–Crippen LogP) is 3.04. The molecular weight excluding hydrogens is 351 g/mol. The van der Waals surface area contributed by atoms with E-state index in [1.165, 1.54) is 25.3 Å². The van der Waals surface area contributed by atoms with E-state index >= 15 is 0 Å². The molecule has 1 aliphatic rings. The number of likely N-dealkylation sites (tertiary alicyclic amines) is 1. The summed E-state index contributed by atoms with van der Waals surface area (Å²) in [6, 6.07) is 6.84. The highest BCUT2D eigenvalue weighted by atomic mass is 19.1. The highest BCUT2D eigenvalue weighted by molar-refractivity contribution is 5.76. The SMILES string of the molecule is COc1ccc(F)cc1[C@H](C(=O)O)N1CCC(OCc2cccnc2)CC1. The maximum Gasteiger partial charge on any atom is 0.325 e. The molecule has 3 rings (SSSR count). The number of rotatable bonds is 7. The molecule has 27 heavy (non-hydrogen) atoms. The second-order valence-corrected chi connectivity index (χ2v) is 6.53. The third-order valence-electron chi connectivity index (χ3n) is 4.77. The topological polar surface area (TPSA) is 71.9 Å². The smallest absolute Gasteiger partial charge is 0.325 e. The zero-order chi connectivity index (χ0) is 19.2. The first kappa shape index (κ1) is 19.3. The second kappa shape index (κ2) is 8.92. The van der Waals surface area contributed by atoms with Gasteiger partial charge < -0.3 is 14.6 Å². The molecule has 7 heteroatoms. The molecule has 0 amide bonds. The number of piperidine rings is 1. The van der Waals surface area contributed by atoms with Gasteiger partial charge in [-0.15, -0.1) is 0 Å². The van der Waals surface area contributed by atoms with Gasteiger partial charge in [0.2, 0.25) is 0 Å². The molecule has 1 aliphatic heterocycles. The van der Waals surface area contributed by atoms with E-state index in [1.807, 2.05) is 17.0 Å². The number of aliphatic carboxylic acids is 1. The Labute approximate surface area is 157 Å². The molecule has 1 aromatic carbocycles. The van der Waals surface area contributed by atoms with Crippen LogP contribution in [0.2, 0.25) is 0 Å². The van der Waals surface area contributed by atoms with Crippen LogP contribution in [0.25, 0.3) is 0 Å². The lowest BCUT2D eigenvalue weighted by atomic mass is 9.99. The number of pyridine rings is 1. The number of benzene rings is 1. The van der Waals surface area contributed by atoms with Gasteiger partial charge in [0.1, 0.15) is 17.6 Å². The van der Waals surface area contributed by atoms with Gasteiger partial charge in [-0.2, -0.15) is 0 Å². The number of carboxylic acid groups (broad SMARTS) is 1.